The van der Waals surface area contributed by atoms with Crippen LogP contribution >= 0.6 is 23.2 Å². The van der Waals surface area contributed by atoms with Crippen molar-refractivity contribution in [2.24, 2.45) is 0 Å². The molecule has 0 spiro atoms. The first-order valence-corrected chi connectivity index (χ1v) is 7.90. The van der Waals surface area contributed by atoms with Crippen molar-refractivity contribution in [2.45, 2.75) is 36.3 Å². The zero-order valence-electron chi connectivity index (χ0n) is 11.0. The Morgan fingerprint density at radius 3 is 2.40 bits per heavy atom. The monoisotopic (exact) mass is 332 g/mol. The van der Waals surface area contributed by atoms with E-state index in [2.05, 4.69) is 9.97 Å². The second kappa shape index (κ2) is 6.26. The molecule has 0 amide bonds. The Morgan fingerprint density at radius 2 is 1.90 bits per heavy atom. The van der Waals surface area contributed by atoms with Gasteiger partial charge in [-0.05, 0) is 24.1 Å². The van der Waals surface area contributed by atoms with Crippen LogP contribution in [0.5, 0.6) is 0 Å². The summed E-state index contributed by atoms with van der Waals surface area (Å²) in [4.78, 5) is 7.67. The number of rotatable bonds is 4. The van der Waals surface area contributed by atoms with E-state index < -0.39 is 10.8 Å². The summed E-state index contributed by atoms with van der Waals surface area (Å²) in [5.41, 5.74) is 0.739. The van der Waals surface area contributed by atoms with Crippen LogP contribution in [0.3, 0.4) is 0 Å². The first-order chi connectivity index (χ1) is 9.42. The van der Waals surface area contributed by atoms with E-state index in [1.807, 2.05) is 13.8 Å². The highest BCUT2D eigenvalue weighted by Gasteiger charge is 2.20. The number of aliphatic hydroxyl groups excluding tert-OH is 1. The fourth-order valence-corrected chi connectivity index (χ4v) is 3.80. The molecule has 2 rings (SSSR count). The van der Waals surface area contributed by atoms with Crippen molar-refractivity contribution in [3.05, 3.63) is 39.8 Å². The van der Waals surface area contributed by atoms with E-state index in [0.29, 0.717) is 25.8 Å². The van der Waals surface area contributed by atoms with Gasteiger partial charge < -0.3 is 10.1 Å². The number of hydrogen-bond acceptors (Lipinski definition) is 3. The normalized spacial score (nSPS) is 12.9. The van der Waals surface area contributed by atoms with Gasteiger partial charge in [-0.25, -0.2) is 9.19 Å². The minimum Gasteiger partial charge on any atom is -0.388 e. The van der Waals surface area contributed by atoms with Crippen LogP contribution < -0.4 is 0 Å². The van der Waals surface area contributed by atoms with E-state index in [1.165, 1.54) is 0 Å². The van der Waals surface area contributed by atoms with Gasteiger partial charge in [0, 0.05) is 14.9 Å². The van der Waals surface area contributed by atoms with Crippen LogP contribution in [0.2, 0.25) is 10.0 Å². The molecule has 1 aromatic heterocycles. The van der Waals surface area contributed by atoms with Gasteiger partial charge in [-0.1, -0.05) is 37.0 Å². The minimum absolute atomic E-state index is 0.108. The van der Waals surface area contributed by atoms with Crippen LogP contribution in [0.25, 0.3) is 0 Å². The molecule has 2 N–H and O–H groups in total. The minimum atomic E-state index is -1.50. The lowest BCUT2D eigenvalue weighted by Crippen LogP contribution is -2.00. The second-order valence-electron chi connectivity index (χ2n) is 4.59. The van der Waals surface area contributed by atoms with E-state index in [1.54, 1.807) is 18.2 Å². The van der Waals surface area contributed by atoms with Crippen LogP contribution in [0.4, 0.5) is 0 Å². The average molecular weight is 333 g/mol. The third-order valence-corrected chi connectivity index (χ3v) is 4.46. The van der Waals surface area contributed by atoms with Crippen molar-refractivity contribution >= 4 is 34.0 Å². The fraction of sp³-hybridized carbons (Fsp3) is 0.308. The number of H-pyrrole nitrogens is 1. The van der Waals surface area contributed by atoms with Gasteiger partial charge in [-0.15, -0.1) is 0 Å². The summed E-state index contributed by atoms with van der Waals surface area (Å²) >= 11 is 11.9. The third-order valence-electron chi connectivity index (χ3n) is 2.70. The van der Waals surface area contributed by atoms with Crippen LogP contribution in [0.15, 0.2) is 28.1 Å². The number of imidazole rings is 1. The highest BCUT2D eigenvalue weighted by atomic mass is 35.5. The van der Waals surface area contributed by atoms with E-state index in [-0.39, 0.29) is 12.5 Å². The number of aromatic nitrogens is 2. The largest absolute Gasteiger partial charge is 0.388 e. The molecule has 2 aromatic rings. The van der Waals surface area contributed by atoms with Crippen molar-refractivity contribution < 1.29 is 9.32 Å². The molecular formula is C13H14Cl2N2O2S. The number of nitrogens with one attached hydrogen (secondary N) is 1. The Morgan fingerprint density at radius 1 is 1.30 bits per heavy atom. The lowest BCUT2D eigenvalue weighted by atomic mass is 10.2. The molecule has 1 aromatic carbocycles. The maximum Gasteiger partial charge on any atom is 0.153 e. The molecule has 0 saturated carbocycles. The molecule has 0 aliphatic carbocycles. The third kappa shape index (κ3) is 3.23. The van der Waals surface area contributed by atoms with Crippen molar-refractivity contribution in [3.8, 4) is 0 Å². The average Bonchev–Trinajstić information content (AvgIpc) is 2.81. The fourth-order valence-electron chi connectivity index (χ4n) is 1.77. The van der Waals surface area contributed by atoms with Crippen LogP contribution in [0, 0.1) is 0 Å². The molecule has 0 unspecified atom stereocenters. The maximum atomic E-state index is 12.6. The molecular weight excluding hydrogens is 319 g/mol. The van der Waals surface area contributed by atoms with Crippen molar-refractivity contribution in [3.63, 3.8) is 0 Å². The molecule has 0 bridgehead atoms. The van der Waals surface area contributed by atoms with Crippen LogP contribution in [-0.2, 0) is 17.4 Å². The summed E-state index contributed by atoms with van der Waals surface area (Å²) in [6.07, 6.45) is 0. The molecule has 20 heavy (non-hydrogen) atoms. The smallest absolute Gasteiger partial charge is 0.153 e. The molecule has 0 fully saturated rings. The molecule has 0 saturated heterocycles. The first kappa shape index (κ1) is 15.5. The van der Waals surface area contributed by atoms with Crippen molar-refractivity contribution in [1.82, 2.24) is 9.97 Å². The highest BCUT2D eigenvalue weighted by molar-refractivity contribution is 7.85. The Balaban J connectivity index is 2.49. The summed E-state index contributed by atoms with van der Waals surface area (Å²) < 4.78 is 12.6. The van der Waals surface area contributed by atoms with E-state index in [9.17, 15) is 4.21 Å². The Bertz CT molecular complexity index is 636. The number of benzene rings is 1. The highest BCUT2D eigenvalue weighted by Crippen LogP contribution is 2.27. The SMILES string of the molecule is CC(C)c1[nH]c(CO)nc1[S@](=O)c1cc(Cl)cc(Cl)c1. The number of aromatic amines is 1. The molecule has 1 atom stereocenters. The second-order valence-corrected chi connectivity index (χ2v) is 6.86. The number of nitrogens with zero attached hydrogens (tertiary/aromatic N) is 1. The van der Waals surface area contributed by atoms with Gasteiger partial charge >= 0.3 is 0 Å². The lowest BCUT2D eigenvalue weighted by Gasteiger charge is -2.06. The number of halogens is 2. The molecule has 4 nitrogen and oxygen atoms in total. The van der Waals surface area contributed by atoms with E-state index in [4.69, 9.17) is 28.3 Å². The van der Waals surface area contributed by atoms with Crippen molar-refractivity contribution in [1.29, 1.82) is 0 Å². The summed E-state index contributed by atoms with van der Waals surface area (Å²) in [7, 11) is -1.50. The summed E-state index contributed by atoms with van der Waals surface area (Å²) in [6, 6.07) is 4.78. The summed E-state index contributed by atoms with van der Waals surface area (Å²) in [5, 5.41) is 10.4. The van der Waals surface area contributed by atoms with Gasteiger partial charge in [0.05, 0.1) is 5.69 Å². The molecule has 7 heteroatoms. The summed E-state index contributed by atoms with van der Waals surface area (Å²) in [6.45, 7) is 3.69. The zero-order chi connectivity index (χ0) is 14.9. The number of hydrogen-bond donors (Lipinski definition) is 2. The number of aliphatic hydroxyl groups is 1. The van der Waals surface area contributed by atoms with E-state index >= 15 is 0 Å². The molecule has 0 aliphatic heterocycles. The topological polar surface area (TPSA) is 66.0 Å². The van der Waals surface area contributed by atoms with Gasteiger partial charge in [0.25, 0.3) is 0 Å². The van der Waals surface area contributed by atoms with Crippen LogP contribution in [-0.4, -0.2) is 19.3 Å². The van der Waals surface area contributed by atoms with Gasteiger partial charge in [0.15, 0.2) is 5.03 Å². The van der Waals surface area contributed by atoms with Gasteiger partial charge in [-0.3, -0.25) is 0 Å². The predicted molar refractivity (Wildman–Crippen MR) is 79.7 cm³/mol. The summed E-state index contributed by atoms with van der Waals surface area (Å²) in [5.74, 6) is 0.501. The van der Waals surface area contributed by atoms with Gasteiger partial charge in [0.2, 0.25) is 0 Å². The predicted octanol–water partition coefficient (Wildman–Crippen LogP) is 3.50. The maximum absolute atomic E-state index is 12.6. The Labute approximate surface area is 129 Å². The first-order valence-electron chi connectivity index (χ1n) is 6.00. The van der Waals surface area contributed by atoms with Crippen molar-refractivity contribution in [2.75, 3.05) is 0 Å². The zero-order valence-corrected chi connectivity index (χ0v) is 13.3. The lowest BCUT2D eigenvalue weighted by molar-refractivity contribution is 0.272. The Kier molecular flexibility index (Phi) is 4.86. The Hall–Kier alpha value is -0.880. The molecule has 0 radical (unpaired) electrons. The van der Waals surface area contributed by atoms with Crippen LogP contribution in [0.1, 0.15) is 31.3 Å². The van der Waals surface area contributed by atoms with Gasteiger partial charge in [0.1, 0.15) is 23.2 Å². The van der Waals surface area contributed by atoms with E-state index in [0.717, 1.165) is 5.69 Å². The standard InChI is InChI=1S/C13H14Cl2N2O2S/c1-7(2)12-13(17-11(6-18)16-12)20(19)10-4-8(14)3-9(15)5-10/h3-5,7,18H,6H2,1-2H3,(H,16,17)/t20-/m1/s1. The molecule has 1 heterocycles. The van der Waals surface area contributed by atoms with Gasteiger partial charge in [-0.2, -0.15) is 0 Å². The quantitative estimate of drug-likeness (QED) is 0.900. The molecule has 108 valence electrons. The molecule has 0 aliphatic rings.